The standard InChI is InChI=1S/C21H23ClN2O2S/c22-17-2-1-3-19(13-17)23-20(27)12-14-4-6-15(7-5-14)16-8-10-18(11-9-16)24-21(25)26/h1-3,8-11,13-15,24H,4-7,12H2,(H,23,27)(H,25,26). The smallest absolute Gasteiger partial charge is 0.409 e. The van der Waals surface area contributed by atoms with Gasteiger partial charge in [0.15, 0.2) is 0 Å². The molecule has 1 aliphatic carbocycles. The molecule has 3 N–H and O–H groups in total. The van der Waals surface area contributed by atoms with Crippen molar-refractivity contribution in [3.63, 3.8) is 0 Å². The molecule has 3 rings (SSSR count). The minimum Gasteiger partial charge on any atom is -0.465 e. The molecule has 1 saturated carbocycles. The molecule has 1 aliphatic rings. The lowest BCUT2D eigenvalue weighted by Crippen LogP contribution is -2.19. The van der Waals surface area contributed by atoms with Gasteiger partial charge in [0.2, 0.25) is 0 Å². The fraction of sp³-hybridized carbons (Fsp3) is 0.333. The fourth-order valence-corrected chi connectivity index (χ4v) is 4.25. The molecule has 0 unspecified atom stereocenters. The Bertz CT molecular complexity index is 802. The lowest BCUT2D eigenvalue weighted by molar-refractivity contribution is 0.209. The number of amides is 1. The topological polar surface area (TPSA) is 61.4 Å². The molecule has 0 radical (unpaired) electrons. The van der Waals surface area contributed by atoms with E-state index in [0.29, 0.717) is 22.5 Å². The molecule has 2 aromatic carbocycles. The molecule has 0 spiro atoms. The Morgan fingerprint density at radius 1 is 1.04 bits per heavy atom. The van der Waals surface area contributed by atoms with Crippen LogP contribution in [-0.4, -0.2) is 16.2 Å². The first-order chi connectivity index (χ1) is 13.0. The normalized spacial score (nSPS) is 19.3. The van der Waals surface area contributed by atoms with E-state index >= 15 is 0 Å². The summed E-state index contributed by atoms with van der Waals surface area (Å²) in [4.78, 5) is 11.5. The van der Waals surface area contributed by atoms with Gasteiger partial charge in [0.1, 0.15) is 0 Å². The molecular weight excluding hydrogens is 380 g/mol. The number of benzene rings is 2. The first-order valence-corrected chi connectivity index (χ1v) is 9.93. The van der Waals surface area contributed by atoms with Crippen molar-refractivity contribution in [3.8, 4) is 0 Å². The zero-order valence-electron chi connectivity index (χ0n) is 15.0. The second-order valence-corrected chi connectivity index (χ2v) is 7.96. The van der Waals surface area contributed by atoms with Crippen molar-refractivity contribution in [1.29, 1.82) is 0 Å². The number of halogens is 1. The van der Waals surface area contributed by atoms with Gasteiger partial charge >= 0.3 is 6.09 Å². The molecule has 6 heteroatoms. The minimum absolute atomic E-state index is 0.537. The molecule has 4 nitrogen and oxygen atoms in total. The van der Waals surface area contributed by atoms with E-state index in [-0.39, 0.29) is 0 Å². The van der Waals surface area contributed by atoms with Crippen molar-refractivity contribution in [2.24, 2.45) is 5.92 Å². The third-order valence-corrected chi connectivity index (χ3v) is 5.57. The van der Waals surface area contributed by atoms with Gasteiger partial charge in [0, 0.05) is 22.8 Å². The van der Waals surface area contributed by atoms with Gasteiger partial charge in [-0.15, -0.1) is 0 Å². The van der Waals surface area contributed by atoms with Gasteiger partial charge in [-0.2, -0.15) is 0 Å². The van der Waals surface area contributed by atoms with E-state index in [9.17, 15) is 4.79 Å². The molecule has 0 heterocycles. The van der Waals surface area contributed by atoms with Crippen LogP contribution in [0.4, 0.5) is 16.2 Å². The van der Waals surface area contributed by atoms with E-state index in [1.54, 1.807) is 0 Å². The largest absolute Gasteiger partial charge is 0.465 e. The zero-order valence-corrected chi connectivity index (χ0v) is 16.5. The molecule has 1 fully saturated rings. The highest BCUT2D eigenvalue weighted by atomic mass is 35.5. The van der Waals surface area contributed by atoms with Gasteiger partial charge in [-0.05, 0) is 73.4 Å². The van der Waals surface area contributed by atoms with Crippen molar-refractivity contribution >= 4 is 46.3 Å². The van der Waals surface area contributed by atoms with Crippen LogP contribution in [0, 0.1) is 5.92 Å². The predicted octanol–water partition coefficient (Wildman–Crippen LogP) is 6.53. The van der Waals surface area contributed by atoms with Crippen LogP contribution < -0.4 is 10.6 Å². The van der Waals surface area contributed by atoms with Crippen molar-refractivity contribution in [2.45, 2.75) is 38.0 Å². The molecule has 0 aromatic heterocycles. The molecule has 0 bridgehead atoms. The minimum atomic E-state index is -1.04. The van der Waals surface area contributed by atoms with Gasteiger partial charge in [0.05, 0.1) is 4.99 Å². The zero-order chi connectivity index (χ0) is 19.2. The number of carbonyl (C=O) groups is 1. The highest BCUT2D eigenvalue weighted by Gasteiger charge is 2.23. The van der Waals surface area contributed by atoms with E-state index in [4.69, 9.17) is 28.9 Å². The lowest BCUT2D eigenvalue weighted by atomic mass is 9.77. The van der Waals surface area contributed by atoms with Crippen molar-refractivity contribution in [1.82, 2.24) is 0 Å². The molecule has 142 valence electrons. The van der Waals surface area contributed by atoms with Gasteiger partial charge in [-0.1, -0.05) is 42.0 Å². The van der Waals surface area contributed by atoms with Crippen LogP contribution in [0.2, 0.25) is 5.02 Å². The van der Waals surface area contributed by atoms with Crippen LogP contribution in [0.15, 0.2) is 48.5 Å². The number of hydrogen-bond donors (Lipinski definition) is 3. The maximum absolute atomic E-state index is 10.7. The molecule has 1 amide bonds. The molecule has 0 atom stereocenters. The van der Waals surface area contributed by atoms with Crippen LogP contribution in [0.1, 0.15) is 43.6 Å². The summed E-state index contributed by atoms with van der Waals surface area (Å²) >= 11 is 11.5. The summed E-state index contributed by atoms with van der Waals surface area (Å²) in [5, 5.41) is 15.1. The Balaban J connectivity index is 1.47. The summed E-state index contributed by atoms with van der Waals surface area (Å²) in [5.41, 5.74) is 2.83. The monoisotopic (exact) mass is 402 g/mol. The Morgan fingerprint density at radius 2 is 1.74 bits per heavy atom. The van der Waals surface area contributed by atoms with Crippen LogP contribution in [0.5, 0.6) is 0 Å². The van der Waals surface area contributed by atoms with Crippen molar-refractivity contribution in [3.05, 3.63) is 59.1 Å². The predicted molar refractivity (Wildman–Crippen MR) is 115 cm³/mol. The summed E-state index contributed by atoms with van der Waals surface area (Å²) < 4.78 is 0. The first-order valence-electron chi connectivity index (χ1n) is 9.15. The number of carboxylic acid groups (broad SMARTS) is 1. The maximum atomic E-state index is 10.7. The van der Waals surface area contributed by atoms with E-state index in [1.807, 2.05) is 48.5 Å². The molecule has 0 aliphatic heterocycles. The molecular formula is C21H23ClN2O2S. The molecule has 27 heavy (non-hydrogen) atoms. The van der Waals surface area contributed by atoms with Crippen molar-refractivity contribution < 1.29 is 9.90 Å². The average Bonchev–Trinajstić information content (AvgIpc) is 2.62. The van der Waals surface area contributed by atoms with Crippen LogP contribution >= 0.6 is 23.8 Å². The van der Waals surface area contributed by atoms with Crippen LogP contribution in [0.25, 0.3) is 0 Å². The lowest BCUT2D eigenvalue weighted by Gasteiger charge is -2.29. The highest BCUT2D eigenvalue weighted by Crippen LogP contribution is 2.37. The second-order valence-electron chi connectivity index (χ2n) is 7.03. The second kappa shape index (κ2) is 9.20. The van der Waals surface area contributed by atoms with E-state index in [0.717, 1.165) is 42.8 Å². The number of thiocarbonyl (C=S) groups is 1. The molecule has 0 saturated heterocycles. The number of nitrogens with one attached hydrogen (secondary N) is 2. The number of hydrogen-bond acceptors (Lipinski definition) is 2. The SMILES string of the molecule is O=C(O)Nc1ccc(C2CCC(CC(=S)Nc3cccc(Cl)c3)CC2)cc1. The summed E-state index contributed by atoms with van der Waals surface area (Å²) in [6.45, 7) is 0. The third kappa shape index (κ3) is 5.94. The van der Waals surface area contributed by atoms with Crippen LogP contribution in [0.3, 0.4) is 0 Å². The quantitative estimate of drug-likeness (QED) is 0.497. The van der Waals surface area contributed by atoms with Gasteiger partial charge in [0.25, 0.3) is 0 Å². The van der Waals surface area contributed by atoms with Crippen LogP contribution in [-0.2, 0) is 0 Å². The Hall–Kier alpha value is -2.11. The Kier molecular flexibility index (Phi) is 6.69. The van der Waals surface area contributed by atoms with Gasteiger partial charge < -0.3 is 10.4 Å². The molecule has 2 aromatic rings. The first kappa shape index (κ1) is 19.6. The van der Waals surface area contributed by atoms with E-state index in [2.05, 4.69) is 10.6 Å². The average molecular weight is 403 g/mol. The number of rotatable bonds is 5. The maximum Gasteiger partial charge on any atom is 0.409 e. The van der Waals surface area contributed by atoms with E-state index in [1.165, 1.54) is 5.56 Å². The summed E-state index contributed by atoms with van der Waals surface area (Å²) in [6.07, 6.45) is 4.43. The summed E-state index contributed by atoms with van der Waals surface area (Å²) in [7, 11) is 0. The van der Waals surface area contributed by atoms with E-state index < -0.39 is 6.09 Å². The van der Waals surface area contributed by atoms with Gasteiger partial charge in [-0.3, -0.25) is 5.32 Å². The fourth-order valence-electron chi connectivity index (χ4n) is 3.70. The number of anilines is 2. The highest BCUT2D eigenvalue weighted by molar-refractivity contribution is 7.80. The summed E-state index contributed by atoms with van der Waals surface area (Å²) in [5.74, 6) is 1.14. The summed E-state index contributed by atoms with van der Waals surface area (Å²) in [6, 6.07) is 15.3. The van der Waals surface area contributed by atoms with Gasteiger partial charge in [-0.25, -0.2) is 4.79 Å². The third-order valence-electron chi connectivity index (χ3n) is 5.06. The Labute approximate surface area is 169 Å². The van der Waals surface area contributed by atoms with Crippen molar-refractivity contribution in [2.75, 3.05) is 10.6 Å². The Morgan fingerprint density at radius 3 is 2.37 bits per heavy atom.